The van der Waals surface area contributed by atoms with E-state index in [0.717, 1.165) is 5.56 Å². The summed E-state index contributed by atoms with van der Waals surface area (Å²) in [6.45, 7) is 1.89. The molecule has 0 aliphatic rings. The Morgan fingerprint density at radius 1 is 1.08 bits per heavy atom. The lowest BCUT2D eigenvalue weighted by Gasteiger charge is -2.20. The maximum Gasteiger partial charge on any atom is 0.224 e. The number of hydrogen-bond acceptors (Lipinski definition) is 2. The van der Waals surface area contributed by atoms with E-state index in [9.17, 15) is 13.6 Å². The molecule has 0 bridgehead atoms. The molecule has 2 aromatic carbocycles. The molecule has 0 heterocycles. The number of nitrogens with one attached hydrogen (secondary N) is 1. The smallest absolute Gasteiger partial charge is 0.224 e. The molecule has 2 unspecified atom stereocenters. The van der Waals surface area contributed by atoms with Gasteiger partial charge in [-0.1, -0.05) is 43.3 Å². The van der Waals surface area contributed by atoms with Crippen molar-refractivity contribution in [2.45, 2.75) is 19.4 Å². The molecule has 130 valence electrons. The van der Waals surface area contributed by atoms with Crippen molar-refractivity contribution in [1.82, 2.24) is 5.32 Å². The first kappa shape index (κ1) is 20.1. The summed E-state index contributed by atoms with van der Waals surface area (Å²) in [6.07, 6.45) is 0.0948. The minimum Gasteiger partial charge on any atom is -0.355 e. The van der Waals surface area contributed by atoms with E-state index in [2.05, 4.69) is 5.32 Å². The molecular weight excluding hydrogens is 334 g/mol. The highest BCUT2D eigenvalue weighted by Crippen LogP contribution is 2.19. The summed E-state index contributed by atoms with van der Waals surface area (Å²) < 4.78 is 27.0. The fourth-order valence-electron chi connectivity index (χ4n) is 2.37. The Labute approximate surface area is 146 Å². The van der Waals surface area contributed by atoms with Crippen LogP contribution in [0.5, 0.6) is 0 Å². The van der Waals surface area contributed by atoms with Crippen molar-refractivity contribution in [2.75, 3.05) is 6.54 Å². The molecule has 1 amide bonds. The average molecular weight is 355 g/mol. The molecule has 0 aliphatic carbocycles. The van der Waals surface area contributed by atoms with Gasteiger partial charge in [-0.15, -0.1) is 12.4 Å². The topological polar surface area (TPSA) is 55.1 Å². The minimum absolute atomic E-state index is 0. The number of rotatable bonds is 6. The van der Waals surface area contributed by atoms with Crippen molar-refractivity contribution in [3.63, 3.8) is 0 Å². The molecular formula is C18H21ClF2N2O. The third-order valence-electron chi connectivity index (χ3n) is 3.87. The molecule has 0 radical (unpaired) electrons. The molecule has 0 aromatic heterocycles. The van der Waals surface area contributed by atoms with Gasteiger partial charge in [0.05, 0.1) is 5.92 Å². The molecule has 6 heteroatoms. The zero-order chi connectivity index (χ0) is 16.8. The number of carbonyl (C=O) groups is 1. The molecule has 3 N–H and O–H groups in total. The minimum atomic E-state index is -0.603. The second-order valence-corrected chi connectivity index (χ2v) is 5.47. The van der Waals surface area contributed by atoms with Gasteiger partial charge in [0.2, 0.25) is 5.91 Å². The van der Waals surface area contributed by atoms with Crippen LogP contribution in [-0.4, -0.2) is 12.5 Å². The van der Waals surface area contributed by atoms with E-state index < -0.39 is 23.6 Å². The molecule has 0 spiro atoms. The lowest BCUT2D eigenvalue weighted by atomic mass is 9.94. The fourth-order valence-corrected chi connectivity index (χ4v) is 2.37. The number of hydrogen-bond donors (Lipinski definition) is 2. The van der Waals surface area contributed by atoms with Crippen LogP contribution in [-0.2, 0) is 11.2 Å². The van der Waals surface area contributed by atoms with Crippen molar-refractivity contribution in [1.29, 1.82) is 0 Å². The van der Waals surface area contributed by atoms with E-state index in [1.807, 2.05) is 30.3 Å². The highest BCUT2D eigenvalue weighted by molar-refractivity contribution is 5.85. The van der Waals surface area contributed by atoms with Crippen LogP contribution in [0, 0.1) is 17.6 Å². The lowest BCUT2D eigenvalue weighted by molar-refractivity contribution is -0.125. The lowest BCUT2D eigenvalue weighted by Crippen LogP contribution is -2.36. The van der Waals surface area contributed by atoms with Gasteiger partial charge in [-0.25, -0.2) is 8.78 Å². The number of nitrogens with two attached hydrogens (primary N) is 1. The number of halogens is 3. The van der Waals surface area contributed by atoms with Crippen LogP contribution in [0.2, 0.25) is 0 Å². The SMILES string of the molecule is CC(C(=O)NCCc1c(F)cccc1F)C(N)c1ccccc1.Cl. The van der Waals surface area contributed by atoms with Crippen LogP contribution in [0.3, 0.4) is 0 Å². The molecule has 2 rings (SSSR count). The Bertz CT molecular complexity index is 647. The van der Waals surface area contributed by atoms with Gasteiger partial charge in [-0.3, -0.25) is 4.79 Å². The first-order valence-electron chi connectivity index (χ1n) is 7.52. The summed E-state index contributed by atoms with van der Waals surface area (Å²) >= 11 is 0. The van der Waals surface area contributed by atoms with Gasteiger partial charge < -0.3 is 11.1 Å². The van der Waals surface area contributed by atoms with E-state index in [-0.39, 0.29) is 36.8 Å². The predicted molar refractivity (Wildman–Crippen MR) is 92.9 cm³/mol. The summed E-state index contributed by atoms with van der Waals surface area (Å²) in [4.78, 5) is 12.1. The zero-order valence-electron chi connectivity index (χ0n) is 13.3. The van der Waals surface area contributed by atoms with Crippen molar-refractivity contribution < 1.29 is 13.6 Å². The first-order valence-corrected chi connectivity index (χ1v) is 7.52. The van der Waals surface area contributed by atoms with E-state index in [0.29, 0.717) is 0 Å². The Kier molecular flexibility index (Phi) is 7.82. The van der Waals surface area contributed by atoms with Crippen LogP contribution >= 0.6 is 12.4 Å². The van der Waals surface area contributed by atoms with Gasteiger partial charge in [-0.2, -0.15) is 0 Å². The second-order valence-electron chi connectivity index (χ2n) is 5.47. The summed E-state index contributed by atoms with van der Waals surface area (Å²) in [5.41, 5.74) is 6.94. The Balaban J connectivity index is 0.00000288. The van der Waals surface area contributed by atoms with Crippen molar-refractivity contribution in [3.05, 3.63) is 71.3 Å². The maximum absolute atomic E-state index is 13.5. The van der Waals surface area contributed by atoms with Crippen LogP contribution in [0.1, 0.15) is 24.1 Å². The predicted octanol–water partition coefficient (Wildman–Crippen LogP) is 3.38. The van der Waals surface area contributed by atoms with Crippen LogP contribution in [0.25, 0.3) is 0 Å². The highest BCUT2D eigenvalue weighted by atomic mass is 35.5. The summed E-state index contributed by atoms with van der Waals surface area (Å²) in [7, 11) is 0. The number of carbonyl (C=O) groups excluding carboxylic acids is 1. The molecule has 0 saturated heterocycles. The largest absolute Gasteiger partial charge is 0.355 e. The highest BCUT2D eigenvalue weighted by Gasteiger charge is 2.21. The number of benzene rings is 2. The van der Waals surface area contributed by atoms with Crippen molar-refractivity contribution in [2.24, 2.45) is 11.7 Å². The molecule has 2 aromatic rings. The third-order valence-corrected chi connectivity index (χ3v) is 3.87. The van der Waals surface area contributed by atoms with E-state index in [1.165, 1.54) is 18.2 Å². The van der Waals surface area contributed by atoms with E-state index in [4.69, 9.17) is 5.73 Å². The Morgan fingerprint density at radius 2 is 1.67 bits per heavy atom. The normalized spacial score (nSPS) is 12.8. The molecule has 24 heavy (non-hydrogen) atoms. The first-order chi connectivity index (χ1) is 11.0. The summed E-state index contributed by atoms with van der Waals surface area (Å²) in [5, 5.41) is 2.68. The van der Waals surface area contributed by atoms with Gasteiger partial charge in [0.1, 0.15) is 11.6 Å². The van der Waals surface area contributed by atoms with E-state index in [1.54, 1.807) is 6.92 Å². The summed E-state index contributed by atoms with van der Waals surface area (Å²) in [6, 6.07) is 12.6. The maximum atomic E-state index is 13.5. The standard InChI is InChI=1S/C18H20F2N2O.ClH/c1-12(17(21)13-6-3-2-4-7-13)18(23)22-11-10-14-15(19)8-5-9-16(14)20;/h2-9,12,17H,10-11,21H2,1H3,(H,22,23);1H. The van der Waals surface area contributed by atoms with Crippen molar-refractivity contribution >= 4 is 18.3 Å². The van der Waals surface area contributed by atoms with Crippen LogP contribution < -0.4 is 11.1 Å². The van der Waals surface area contributed by atoms with Gasteiger partial charge in [0.25, 0.3) is 0 Å². The molecule has 3 nitrogen and oxygen atoms in total. The molecule has 0 aliphatic heterocycles. The van der Waals surface area contributed by atoms with Crippen LogP contribution in [0.15, 0.2) is 48.5 Å². The van der Waals surface area contributed by atoms with Crippen molar-refractivity contribution in [3.8, 4) is 0 Å². The Morgan fingerprint density at radius 3 is 2.25 bits per heavy atom. The monoisotopic (exact) mass is 354 g/mol. The quantitative estimate of drug-likeness (QED) is 0.835. The average Bonchev–Trinajstić information content (AvgIpc) is 2.56. The second kappa shape index (κ2) is 9.35. The molecule has 0 saturated carbocycles. The van der Waals surface area contributed by atoms with Gasteiger partial charge in [0, 0.05) is 18.2 Å². The van der Waals surface area contributed by atoms with Crippen LogP contribution in [0.4, 0.5) is 8.78 Å². The third kappa shape index (κ3) is 5.01. The van der Waals surface area contributed by atoms with Gasteiger partial charge in [0.15, 0.2) is 0 Å². The van der Waals surface area contributed by atoms with Gasteiger partial charge in [-0.05, 0) is 24.1 Å². The fraction of sp³-hybridized carbons (Fsp3) is 0.278. The Hall–Kier alpha value is -1.98. The number of amides is 1. The molecule has 2 atom stereocenters. The van der Waals surface area contributed by atoms with Gasteiger partial charge >= 0.3 is 0 Å². The van der Waals surface area contributed by atoms with E-state index >= 15 is 0 Å². The summed E-state index contributed by atoms with van der Waals surface area (Å²) in [5.74, 6) is -1.89. The molecule has 0 fully saturated rings. The zero-order valence-corrected chi connectivity index (χ0v) is 14.2.